The zero-order valence-electron chi connectivity index (χ0n) is 14.7. The number of hydrogen-bond donors (Lipinski definition) is 1. The number of aryl methyl sites for hydroxylation is 3. The van der Waals surface area contributed by atoms with Crippen LogP contribution in [-0.2, 0) is 6.54 Å². The van der Waals surface area contributed by atoms with E-state index in [4.69, 9.17) is 0 Å². The first-order chi connectivity index (χ1) is 9.83. The van der Waals surface area contributed by atoms with Crippen LogP contribution in [0, 0.1) is 20.8 Å². The summed E-state index contributed by atoms with van der Waals surface area (Å²) in [6.45, 7) is 17.0. The minimum absolute atomic E-state index is 0.230. The molecule has 0 bridgehead atoms. The Bertz CT molecular complexity index is 467. The van der Waals surface area contributed by atoms with Gasteiger partial charge in [0, 0.05) is 31.2 Å². The fourth-order valence-electron chi connectivity index (χ4n) is 3.55. The molecule has 0 aliphatic carbocycles. The summed E-state index contributed by atoms with van der Waals surface area (Å²) in [5.41, 5.74) is 6.00. The predicted molar refractivity (Wildman–Crippen MR) is 91.8 cm³/mol. The van der Waals surface area contributed by atoms with Crippen LogP contribution in [0.1, 0.15) is 55.9 Å². The van der Waals surface area contributed by atoms with Crippen molar-refractivity contribution in [3.05, 3.63) is 34.4 Å². The van der Waals surface area contributed by atoms with Gasteiger partial charge in [-0.1, -0.05) is 31.0 Å². The molecule has 2 heteroatoms. The van der Waals surface area contributed by atoms with E-state index in [1.165, 1.54) is 35.1 Å². The maximum atomic E-state index is 3.72. The van der Waals surface area contributed by atoms with Crippen LogP contribution in [0.2, 0.25) is 0 Å². The van der Waals surface area contributed by atoms with Crippen LogP contribution >= 0.6 is 0 Å². The fraction of sp³-hybridized carbons (Fsp3) is 0.684. The van der Waals surface area contributed by atoms with E-state index in [0.717, 1.165) is 19.6 Å². The molecular weight excluding hydrogens is 256 g/mol. The summed E-state index contributed by atoms with van der Waals surface area (Å²) in [5.74, 6) is 0. The lowest BCUT2D eigenvalue weighted by Crippen LogP contribution is -2.61. The Morgan fingerprint density at radius 3 is 2.38 bits per heavy atom. The Hall–Kier alpha value is -0.860. The highest BCUT2D eigenvalue weighted by Crippen LogP contribution is 2.26. The topological polar surface area (TPSA) is 15.3 Å². The monoisotopic (exact) mass is 288 g/mol. The zero-order valence-corrected chi connectivity index (χ0v) is 14.7. The molecule has 2 rings (SSSR count). The molecule has 1 aliphatic heterocycles. The fourth-order valence-corrected chi connectivity index (χ4v) is 3.55. The van der Waals surface area contributed by atoms with Gasteiger partial charge in [-0.3, -0.25) is 4.90 Å². The van der Waals surface area contributed by atoms with Crippen molar-refractivity contribution in [1.29, 1.82) is 0 Å². The standard InChI is InChI=1S/C19H32N2/c1-7-8-17-11-21(19(5,6)13-20-17)12-18-15(3)9-14(2)10-16(18)4/h9-10,17,20H,7-8,11-13H2,1-6H3. The molecule has 1 unspecified atom stereocenters. The summed E-state index contributed by atoms with van der Waals surface area (Å²) >= 11 is 0. The average Bonchev–Trinajstić information content (AvgIpc) is 2.37. The van der Waals surface area contributed by atoms with Gasteiger partial charge in [0.15, 0.2) is 0 Å². The molecule has 21 heavy (non-hydrogen) atoms. The van der Waals surface area contributed by atoms with Crippen molar-refractivity contribution in [2.75, 3.05) is 13.1 Å². The average molecular weight is 288 g/mol. The molecule has 0 saturated carbocycles. The molecule has 0 radical (unpaired) electrons. The molecule has 1 fully saturated rings. The highest BCUT2D eigenvalue weighted by atomic mass is 15.3. The third kappa shape index (κ3) is 3.87. The molecule has 0 amide bonds. The van der Waals surface area contributed by atoms with Crippen molar-refractivity contribution in [3.8, 4) is 0 Å². The highest BCUT2D eigenvalue weighted by Gasteiger charge is 2.33. The lowest BCUT2D eigenvalue weighted by Gasteiger charge is -2.46. The van der Waals surface area contributed by atoms with Gasteiger partial charge in [0.05, 0.1) is 0 Å². The van der Waals surface area contributed by atoms with E-state index in [1.54, 1.807) is 0 Å². The summed E-state index contributed by atoms with van der Waals surface area (Å²) in [4.78, 5) is 2.68. The lowest BCUT2D eigenvalue weighted by molar-refractivity contribution is 0.0560. The van der Waals surface area contributed by atoms with Crippen molar-refractivity contribution >= 4 is 0 Å². The molecule has 0 aromatic heterocycles. The van der Waals surface area contributed by atoms with Crippen LogP contribution in [0.4, 0.5) is 0 Å². The van der Waals surface area contributed by atoms with E-state index in [2.05, 4.69) is 63.9 Å². The summed E-state index contributed by atoms with van der Waals surface area (Å²) in [5, 5.41) is 3.72. The molecule has 1 heterocycles. The molecule has 1 N–H and O–H groups in total. The van der Waals surface area contributed by atoms with Gasteiger partial charge >= 0.3 is 0 Å². The van der Waals surface area contributed by atoms with Crippen molar-refractivity contribution in [3.63, 3.8) is 0 Å². The van der Waals surface area contributed by atoms with Gasteiger partial charge in [-0.15, -0.1) is 0 Å². The van der Waals surface area contributed by atoms with Crippen LogP contribution in [-0.4, -0.2) is 29.6 Å². The van der Waals surface area contributed by atoms with Gasteiger partial charge in [0.25, 0.3) is 0 Å². The van der Waals surface area contributed by atoms with Gasteiger partial charge in [0.2, 0.25) is 0 Å². The lowest BCUT2D eigenvalue weighted by atomic mass is 9.92. The summed E-state index contributed by atoms with van der Waals surface area (Å²) < 4.78 is 0. The smallest absolute Gasteiger partial charge is 0.0281 e. The summed E-state index contributed by atoms with van der Waals surface area (Å²) in [6, 6.07) is 5.29. The maximum absolute atomic E-state index is 3.72. The minimum Gasteiger partial charge on any atom is -0.311 e. The van der Waals surface area contributed by atoms with E-state index < -0.39 is 0 Å². The van der Waals surface area contributed by atoms with Crippen LogP contribution in [0.5, 0.6) is 0 Å². The van der Waals surface area contributed by atoms with Gasteiger partial charge in [-0.05, 0) is 57.7 Å². The molecule has 1 aromatic carbocycles. The van der Waals surface area contributed by atoms with Crippen molar-refractivity contribution < 1.29 is 0 Å². The van der Waals surface area contributed by atoms with Crippen molar-refractivity contribution in [1.82, 2.24) is 10.2 Å². The second-order valence-electron chi connectivity index (χ2n) is 7.44. The molecule has 0 spiro atoms. The second-order valence-corrected chi connectivity index (χ2v) is 7.44. The minimum atomic E-state index is 0.230. The summed E-state index contributed by atoms with van der Waals surface area (Å²) in [6.07, 6.45) is 2.53. The van der Waals surface area contributed by atoms with Crippen molar-refractivity contribution in [2.24, 2.45) is 0 Å². The molecule has 1 aliphatic rings. The zero-order chi connectivity index (χ0) is 15.6. The quantitative estimate of drug-likeness (QED) is 0.902. The Kier molecular flexibility index (Phi) is 5.11. The molecule has 1 atom stereocenters. The first-order valence-electron chi connectivity index (χ1n) is 8.38. The van der Waals surface area contributed by atoms with Gasteiger partial charge in [-0.25, -0.2) is 0 Å². The maximum Gasteiger partial charge on any atom is 0.0281 e. The molecule has 118 valence electrons. The Morgan fingerprint density at radius 2 is 1.81 bits per heavy atom. The number of benzene rings is 1. The van der Waals surface area contributed by atoms with Crippen LogP contribution in [0.3, 0.4) is 0 Å². The third-order valence-corrected chi connectivity index (χ3v) is 4.95. The normalized spacial score (nSPS) is 22.5. The molecule has 1 aromatic rings. The highest BCUT2D eigenvalue weighted by molar-refractivity contribution is 5.37. The Labute approximate surface area is 130 Å². The van der Waals surface area contributed by atoms with Crippen molar-refractivity contribution in [2.45, 2.75) is 72.5 Å². The number of piperazine rings is 1. The largest absolute Gasteiger partial charge is 0.311 e. The van der Waals surface area contributed by atoms with E-state index in [0.29, 0.717) is 6.04 Å². The summed E-state index contributed by atoms with van der Waals surface area (Å²) in [7, 11) is 0. The van der Waals surface area contributed by atoms with E-state index in [9.17, 15) is 0 Å². The molecule has 1 saturated heterocycles. The van der Waals surface area contributed by atoms with Crippen LogP contribution in [0.15, 0.2) is 12.1 Å². The number of nitrogens with one attached hydrogen (secondary N) is 1. The molecular formula is C19H32N2. The third-order valence-electron chi connectivity index (χ3n) is 4.95. The first kappa shape index (κ1) is 16.5. The van der Waals surface area contributed by atoms with E-state index >= 15 is 0 Å². The number of hydrogen-bond acceptors (Lipinski definition) is 2. The Balaban J connectivity index is 2.19. The van der Waals surface area contributed by atoms with Gasteiger partial charge < -0.3 is 5.32 Å². The first-order valence-corrected chi connectivity index (χ1v) is 8.38. The number of rotatable bonds is 4. The van der Waals surface area contributed by atoms with Gasteiger partial charge in [-0.2, -0.15) is 0 Å². The van der Waals surface area contributed by atoms with Gasteiger partial charge in [0.1, 0.15) is 0 Å². The Morgan fingerprint density at radius 1 is 1.19 bits per heavy atom. The molecule has 2 nitrogen and oxygen atoms in total. The van der Waals surface area contributed by atoms with Crippen LogP contribution in [0.25, 0.3) is 0 Å². The van der Waals surface area contributed by atoms with E-state index in [-0.39, 0.29) is 5.54 Å². The second kappa shape index (κ2) is 6.50. The van der Waals surface area contributed by atoms with Crippen LogP contribution < -0.4 is 5.32 Å². The SMILES string of the molecule is CCCC1CN(Cc2c(C)cc(C)cc2C)C(C)(C)CN1. The van der Waals surface area contributed by atoms with E-state index in [1.807, 2.05) is 0 Å². The number of nitrogens with zero attached hydrogens (tertiary/aromatic N) is 1. The predicted octanol–water partition coefficient (Wildman–Crippen LogP) is 3.96.